The summed E-state index contributed by atoms with van der Waals surface area (Å²) in [5, 5.41) is 2.77. The topological polar surface area (TPSA) is 61.0 Å². The van der Waals surface area contributed by atoms with Gasteiger partial charge in [-0.1, -0.05) is 0 Å². The fourth-order valence-electron chi connectivity index (χ4n) is 1.42. The van der Waals surface area contributed by atoms with E-state index in [2.05, 4.69) is 31.2 Å². The van der Waals surface area contributed by atoms with Crippen LogP contribution in [0.2, 0.25) is 0 Å². The van der Waals surface area contributed by atoms with Gasteiger partial charge in [-0.05, 0) is 34.1 Å². The van der Waals surface area contributed by atoms with Crippen molar-refractivity contribution in [3.05, 3.63) is 40.8 Å². The largest absolute Gasteiger partial charge is 0.363 e. The number of aromatic nitrogens is 2. The highest BCUT2D eigenvalue weighted by Crippen LogP contribution is 2.14. The minimum atomic E-state index is -0.194. The maximum Gasteiger partial charge on any atom is 0.272 e. The smallest absolute Gasteiger partial charge is 0.272 e. The molecule has 2 heterocycles. The van der Waals surface area contributed by atoms with E-state index in [-0.39, 0.29) is 5.91 Å². The number of H-pyrrole nitrogens is 1. The molecule has 1 amide bonds. The first kappa shape index (κ1) is 12.6. The van der Waals surface area contributed by atoms with Crippen LogP contribution in [0, 0.1) is 0 Å². The molecule has 0 aliphatic heterocycles. The van der Waals surface area contributed by atoms with Crippen LogP contribution in [-0.4, -0.2) is 30.0 Å². The quantitative estimate of drug-likeness (QED) is 0.916. The number of hydrogen-bond acceptors (Lipinski definition) is 3. The average molecular weight is 309 g/mol. The number of carbonyl (C=O) groups excluding carboxylic acids is 1. The molecule has 0 aliphatic carbocycles. The molecule has 0 radical (unpaired) electrons. The summed E-state index contributed by atoms with van der Waals surface area (Å²) in [4.78, 5) is 20.8. The molecule has 0 saturated heterocycles. The predicted molar refractivity (Wildman–Crippen MR) is 75.0 cm³/mol. The van der Waals surface area contributed by atoms with Crippen molar-refractivity contribution in [1.82, 2.24) is 9.97 Å². The van der Waals surface area contributed by atoms with Gasteiger partial charge in [0.05, 0.1) is 11.9 Å². The van der Waals surface area contributed by atoms with Crippen molar-refractivity contribution in [1.29, 1.82) is 0 Å². The van der Waals surface area contributed by atoms with Crippen LogP contribution < -0.4 is 10.2 Å². The molecule has 0 unspecified atom stereocenters. The Bertz CT molecular complexity index is 547. The van der Waals surface area contributed by atoms with Gasteiger partial charge in [0.2, 0.25) is 0 Å². The predicted octanol–water partition coefficient (Wildman–Crippen LogP) is 2.49. The summed E-state index contributed by atoms with van der Waals surface area (Å²) in [6.45, 7) is 0. The Labute approximate surface area is 113 Å². The zero-order valence-corrected chi connectivity index (χ0v) is 11.7. The van der Waals surface area contributed by atoms with Crippen LogP contribution >= 0.6 is 15.9 Å². The first-order valence-corrected chi connectivity index (χ1v) is 6.14. The molecule has 2 aromatic heterocycles. The fraction of sp³-hybridized carbons (Fsp3) is 0.167. The summed E-state index contributed by atoms with van der Waals surface area (Å²) in [5.74, 6) is 0.649. The van der Waals surface area contributed by atoms with Gasteiger partial charge in [0.25, 0.3) is 5.91 Å². The Morgan fingerprint density at radius 2 is 2.22 bits per heavy atom. The monoisotopic (exact) mass is 308 g/mol. The van der Waals surface area contributed by atoms with Crippen LogP contribution in [0.15, 0.2) is 35.1 Å². The SMILES string of the molecule is CN(C)c1ccc(NC(=O)c2cc(Br)c[nH]2)cn1. The summed E-state index contributed by atoms with van der Waals surface area (Å²) in [7, 11) is 3.83. The number of pyridine rings is 1. The second kappa shape index (κ2) is 5.22. The molecule has 94 valence electrons. The number of halogens is 1. The van der Waals surface area contributed by atoms with Crippen molar-refractivity contribution < 1.29 is 4.79 Å². The molecule has 0 aromatic carbocycles. The lowest BCUT2D eigenvalue weighted by atomic mass is 10.3. The van der Waals surface area contributed by atoms with Crippen LogP contribution in [0.5, 0.6) is 0 Å². The fourth-order valence-corrected chi connectivity index (χ4v) is 1.77. The van der Waals surface area contributed by atoms with Gasteiger partial charge < -0.3 is 15.2 Å². The van der Waals surface area contributed by atoms with E-state index in [0.29, 0.717) is 11.4 Å². The minimum Gasteiger partial charge on any atom is -0.363 e. The molecule has 18 heavy (non-hydrogen) atoms. The Balaban J connectivity index is 2.07. The van der Waals surface area contributed by atoms with Gasteiger partial charge in [0.1, 0.15) is 11.5 Å². The van der Waals surface area contributed by atoms with Crippen molar-refractivity contribution >= 4 is 33.3 Å². The van der Waals surface area contributed by atoms with Gasteiger partial charge in [-0.2, -0.15) is 0 Å². The maximum absolute atomic E-state index is 11.8. The highest BCUT2D eigenvalue weighted by molar-refractivity contribution is 9.10. The van der Waals surface area contributed by atoms with E-state index in [4.69, 9.17) is 0 Å². The van der Waals surface area contributed by atoms with Crippen molar-refractivity contribution in [2.75, 3.05) is 24.3 Å². The molecule has 0 fully saturated rings. The van der Waals surface area contributed by atoms with Gasteiger partial charge >= 0.3 is 0 Å². The Kier molecular flexibility index (Phi) is 3.66. The number of nitrogens with one attached hydrogen (secondary N) is 2. The number of nitrogens with zero attached hydrogens (tertiary/aromatic N) is 2. The molecule has 0 bridgehead atoms. The summed E-state index contributed by atoms with van der Waals surface area (Å²) < 4.78 is 0.841. The van der Waals surface area contributed by atoms with Gasteiger partial charge in [-0.25, -0.2) is 4.98 Å². The first-order valence-electron chi connectivity index (χ1n) is 5.35. The number of amides is 1. The second-order valence-corrected chi connectivity index (χ2v) is 4.90. The molecule has 2 N–H and O–H groups in total. The maximum atomic E-state index is 11.8. The van der Waals surface area contributed by atoms with Gasteiger partial charge in [0.15, 0.2) is 0 Å². The van der Waals surface area contributed by atoms with Crippen molar-refractivity contribution in [2.45, 2.75) is 0 Å². The average Bonchev–Trinajstić information content (AvgIpc) is 2.76. The molecule has 5 nitrogen and oxygen atoms in total. The molecule has 0 aliphatic rings. The number of carbonyl (C=O) groups is 1. The summed E-state index contributed by atoms with van der Waals surface area (Å²) in [6.07, 6.45) is 3.34. The normalized spacial score (nSPS) is 10.2. The van der Waals surface area contributed by atoms with E-state index >= 15 is 0 Å². The molecule has 2 rings (SSSR count). The Morgan fingerprint density at radius 3 is 2.72 bits per heavy atom. The van der Waals surface area contributed by atoms with Gasteiger partial charge in [-0.3, -0.25) is 4.79 Å². The van der Waals surface area contributed by atoms with E-state index in [1.165, 1.54) is 0 Å². The summed E-state index contributed by atoms with van der Waals surface area (Å²) in [6, 6.07) is 5.38. The molecule has 0 saturated carbocycles. The van der Waals surface area contributed by atoms with Crippen LogP contribution in [0.25, 0.3) is 0 Å². The third-order valence-corrected chi connectivity index (χ3v) is 2.81. The Hall–Kier alpha value is -1.82. The van der Waals surface area contributed by atoms with E-state index in [0.717, 1.165) is 10.3 Å². The highest BCUT2D eigenvalue weighted by atomic mass is 79.9. The minimum absolute atomic E-state index is 0.194. The van der Waals surface area contributed by atoms with Crippen LogP contribution in [-0.2, 0) is 0 Å². The summed E-state index contributed by atoms with van der Waals surface area (Å²) in [5.41, 5.74) is 1.16. The molecular formula is C12H13BrN4O. The molecular weight excluding hydrogens is 296 g/mol. The van der Waals surface area contributed by atoms with E-state index in [9.17, 15) is 4.79 Å². The van der Waals surface area contributed by atoms with E-state index < -0.39 is 0 Å². The van der Waals surface area contributed by atoms with Crippen LogP contribution in [0.4, 0.5) is 11.5 Å². The number of rotatable bonds is 3. The Morgan fingerprint density at radius 1 is 1.44 bits per heavy atom. The molecule has 2 aromatic rings. The van der Waals surface area contributed by atoms with E-state index in [1.54, 1.807) is 18.5 Å². The lowest BCUT2D eigenvalue weighted by Gasteiger charge is -2.11. The highest BCUT2D eigenvalue weighted by Gasteiger charge is 2.08. The third-order valence-electron chi connectivity index (χ3n) is 2.36. The van der Waals surface area contributed by atoms with Crippen LogP contribution in [0.1, 0.15) is 10.5 Å². The zero-order valence-electron chi connectivity index (χ0n) is 10.1. The van der Waals surface area contributed by atoms with Crippen molar-refractivity contribution in [3.63, 3.8) is 0 Å². The second-order valence-electron chi connectivity index (χ2n) is 3.99. The number of hydrogen-bond donors (Lipinski definition) is 2. The molecule has 0 spiro atoms. The van der Waals surface area contributed by atoms with Crippen molar-refractivity contribution in [2.24, 2.45) is 0 Å². The van der Waals surface area contributed by atoms with Crippen LogP contribution in [0.3, 0.4) is 0 Å². The lowest BCUT2D eigenvalue weighted by molar-refractivity contribution is 0.102. The molecule has 6 heteroatoms. The number of aromatic amines is 1. The van der Waals surface area contributed by atoms with E-state index in [1.807, 2.05) is 31.1 Å². The summed E-state index contributed by atoms with van der Waals surface area (Å²) >= 11 is 3.28. The first-order chi connectivity index (χ1) is 8.56. The standard InChI is InChI=1S/C12H13BrN4O/c1-17(2)11-4-3-9(7-15-11)16-12(18)10-5-8(13)6-14-10/h3-7,14H,1-2H3,(H,16,18). The zero-order chi connectivity index (χ0) is 13.1. The van der Waals surface area contributed by atoms with Gasteiger partial charge in [0, 0.05) is 24.8 Å². The third kappa shape index (κ3) is 2.89. The lowest BCUT2D eigenvalue weighted by Crippen LogP contribution is -2.13. The van der Waals surface area contributed by atoms with Crippen molar-refractivity contribution in [3.8, 4) is 0 Å². The van der Waals surface area contributed by atoms with Gasteiger partial charge in [-0.15, -0.1) is 0 Å². The molecule has 0 atom stereocenters. The number of anilines is 2.